The van der Waals surface area contributed by atoms with Crippen molar-refractivity contribution < 1.29 is 13.2 Å². The van der Waals surface area contributed by atoms with E-state index in [0.29, 0.717) is 82.0 Å². The van der Waals surface area contributed by atoms with Gasteiger partial charge in [-0.3, -0.25) is 4.79 Å². The van der Waals surface area contributed by atoms with Gasteiger partial charge in [0.05, 0.1) is 26.8 Å². The molecule has 4 aromatic heterocycles. The SMILES string of the molecule is N#Cc1c[nH]c2nc(Nc3ccc(S(N)(=O)=O)cc3)nc(NC3CC3)c12.N#Cc1c[nH]c2nc(Nc3ccc4c(c3)CCC(=O)N4)nc(NC3CC3)c12. The van der Waals surface area contributed by atoms with Gasteiger partial charge in [-0.15, -0.1) is 0 Å². The van der Waals surface area contributed by atoms with E-state index in [0.717, 1.165) is 48.0 Å². The van der Waals surface area contributed by atoms with Gasteiger partial charge in [-0.25, -0.2) is 13.6 Å². The number of aryl methyl sites for hydroxylation is 1. The zero-order chi connectivity index (χ0) is 36.7. The van der Waals surface area contributed by atoms with Gasteiger partial charge in [0.2, 0.25) is 27.8 Å². The number of nitrogens with two attached hydrogens (primary N) is 1. The lowest BCUT2D eigenvalue weighted by Gasteiger charge is -2.18. The third-order valence-electron chi connectivity index (χ3n) is 8.84. The fourth-order valence-corrected chi connectivity index (χ4v) is 6.37. The molecular formula is C35H32N14O3S. The van der Waals surface area contributed by atoms with Crippen LogP contribution < -0.4 is 31.7 Å². The van der Waals surface area contributed by atoms with Gasteiger partial charge in [0, 0.05) is 48.0 Å². The summed E-state index contributed by atoms with van der Waals surface area (Å²) in [6, 6.07) is 16.8. The van der Waals surface area contributed by atoms with Crippen molar-refractivity contribution in [3.63, 3.8) is 0 Å². The highest BCUT2D eigenvalue weighted by molar-refractivity contribution is 7.89. The zero-order valence-electron chi connectivity index (χ0n) is 28.0. The van der Waals surface area contributed by atoms with Crippen molar-refractivity contribution in [2.24, 2.45) is 5.14 Å². The Morgan fingerprint density at radius 1 is 0.736 bits per heavy atom. The fourth-order valence-electron chi connectivity index (χ4n) is 5.85. The number of amides is 1. The number of aromatic nitrogens is 6. The molecule has 3 aliphatic rings. The first-order valence-corrected chi connectivity index (χ1v) is 18.4. The Morgan fingerprint density at radius 2 is 1.26 bits per heavy atom. The molecule has 9 rings (SSSR count). The Bertz CT molecular complexity index is 2600. The normalized spacial score (nSPS) is 15.0. The molecule has 1 amide bonds. The van der Waals surface area contributed by atoms with Gasteiger partial charge in [-0.05, 0) is 80.1 Å². The predicted molar refractivity (Wildman–Crippen MR) is 198 cm³/mol. The molecule has 0 radical (unpaired) electrons. The van der Waals surface area contributed by atoms with Crippen molar-refractivity contribution in [3.05, 3.63) is 71.5 Å². The van der Waals surface area contributed by atoms with Gasteiger partial charge < -0.3 is 36.6 Å². The number of benzene rings is 2. The van der Waals surface area contributed by atoms with E-state index in [1.807, 2.05) is 18.2 Å². The number of rotatable bonds is 9. The van der Waals surface area contributed by atoms with Crippen molar-refractivity contribution in [1.82, 2.24) is 29.9 Å². The Morgan fingerprint density at radius 3 is 1.77 bits per heavy atom. The molecule has 17 nitrogen and oxygen atoms in total. The number of hydrogen-bond donors (Lipinski definition) is 8. The van der Waals surface area contributed by atoms with Crippen LogP contribution in [0.15, 0.2) is 59.8 Å². The quantitative estimate of drug-likeness (QED) is 0.0993. The number of carbonyl (C=O) groups excluding carboxylic acids is 1. The summed E-state index contributed by atoms with van der Waals surface area (Å²) in [6.07, 6.45) is 8.81. The van der Waals surface area contributed by atoms with E-state index in [9.17, 15) is 23.7 Å². The molecule has 2 fully saturated rings. The van der Waals surface area contributed by atoms with E-state index in [4.69, 9.17) is 5.14 Å². The molecule has 2 aliphatic carbocycles. The second-order valence-electron chi connectivity index (χ2n) is 12.9. The second kappa shape index (κ2) is 13.4. The maximum Gasteiger partial charge on any atom is 0.238 e. The van der Waals surface area contributed by atoms with Crippen LogP contribution in [0.1, 0.15) is 48.8 Å². The molecule has 6 aromatic rings. The highest BCUT2D eigenvalue weighted by Gasteiger charge is 2.26. The number of nitrogens with zero attached hydrogens (tertiary/aromatic N) is 6. The van der Waals surface area contributed by atoms with Gasteiger partial charge in [0.25, 0.3) is 0 Å². The van der Waals surface area contributed by atoms with Gasteiger partial charge in [-0.1, -0.05) is 0 Å². The summed E-state index contributed by atoms with van der Waals surface area (Å²) in [6.45, 7) is 0. The molecule has 53 heavy (non-hydrogen) atoms. The van der Waals surface area contributed by atoms with Gasteiger partial charge in [0.1, 0.15) is 35.1 Å². The minimum absolute atomic E-state index is 0.0264. The van der Waals surface area contributed by atoms with Gasteiger partial charge in [0.15, 0.2) is 0 Å². The lowest BCUT2D eigenvalue weighted by Crippen LogP contribution is -2.18. The topological polar surface area (TPSA) is 268 Å². The number of fused-ring (bicyclic) bond motifs is 3. The third-order valence-corrected chi connectivity index (χ3v) is 9.77. The smallest absolute Gasteiger partial charge is 0.238 e. The first-order chi connectivity index (χ1) is 25.6. The van der Waals surface area contributed by atoms with E-state index < -0.39 is 10.0 Å². The fraction of sp³-hybridized carbons (Fsp3) is 0.229. The lowest BCUT2D eigenvalue weighted by molar-refractivity contribution is -0.116. The highest BCUT2D eigenvalue weighted by Crippen LogP contribution is 2.33. The number of sulfonamides is 1. The van der Waals surface area contributed by atoms with Crippen molar-refractivity contribution in [2.45, 2.75) is 55.5 Å². The maximum absolute atomic E-state index is 11.5. The molecule has 0 spiro atoms. The summed E-state index contributed by atoms with van der Waals surface area (Å²) >= 11 is 0. The number of anilines is 7. The molecule has 0 saturated heterocycles. The standard InChI is InChI=1S/C19H17N7O.C16H15N7O2S/c20-8-11-9-21-17-16(11)18(22-12-2-3-12)26-19(25-17)23-13-4-5-14-10(7-13)1-6-15(27)24-14;17-7-9-8-19-14-13(9)15(20-10-1-2-10)23-16(22-14)21-11-3-5-12(6-4-11)26(18,24)25/h4-5,7,9,12H,1-3,6H2,(H,24,27)(H3,21,22,23,25,26);3-6,8,10H,1-2H2,(H2,18,24,25)(H3,19,20,21,22,23). The first kappa shape index (κ1) is 33.4. The monoisotopic (exact) mass is 728 g/mol. The predicted octanol–water partition coefficient (Wildman–Crippen LogP) is 4.83. The van der Waals surface area contributed by atoms with Crippen molar-refractivity contribution in [2.75, 3.05) is 26.6 Å². The maximum atomic E-state index is 11.5. The van der Waals surface area contributed by atoms with Crippen LogP contribution in [-0.4, -0.2) is 56.3 Å². The summed E-state index contributed by atoms with van der Waals surface area (Å²) in [5.74, 6) is 2.10. The van der Waals surface area contributed by atoms with E-state index in [-0.39, 0.29) is 10.8 Å². The number of hydrogen-bond acceptors (Lipinski definition) is 13. The molecule has 0 unspecified atom stereocenters. The molecule has 9 N–H and O–H groups in total. The molecule has 5 heterocycles. The molecule has 0 bridgehead atoms. The zero-order valence-corrected chi connectivity index (χ0v) is 28.8. The number of primary sulfonamides is 1. The van der Waals surface area contributed by atoms with Gasteiger partial charge in [-0.2, -0.15) is 30.5 Å². The number of nitriles is 2. The van der Waals surface area contributed by atoms with Crippen LogP contribution in [0, 0.1) is 22.7 Å². The summed E-state index contributed by atoms with van der Waals surface area (Å²) in [5, 5.41) is 40.9. The number of carbonyl (C=O) groups is 1. The third kappa shape index (κ3) is 7.35. The Balaban J connectivity index is 0.000000151. The lowest BCUT2D eigenvalue weighted by atomic mass is 10.0. The van der Waals surface area contributed by atoms with Crippen molar-refractivity contribution in [3.8, 4) is 12.1 Å². The van der Waals surface area contributed by atoms with Crippen molar-refractivity contribution >= 4 is 78.6 Å². The minimum atomic E-state index is -3.74. The van der Waals surface area contributed by atoms with Crippen LogP contribution in [0.25, 0.3) is 22.1 Å². The van der Waals surface area contributed by atoms with E-state index in [1.165, 1.54) is 12.1 Å². The summed E-state index contributed by atoms with van der Waals surface area (Å²) in [7, 11) is -3.74. The van der Waals surface area contributed by atoms with Crippen LogP contribution in [0.3, 0.4) is 0 Å². The van der Waals surface area contributed by atoms with Crippen molar-refractivity contribution in [1.29, 1.82) is 10.5 Å². The average Bonchev–Trinajstić information content (AvgIpc) is 4.06. The number of H-pyrrole nitrogens is 2. The molecule has 266 valence electrons. The molecule has 18 heteroatoms. The number of aromatic amines is 2. The van der Waals surface area contributed by atoms with E-state index in [2.05, 4.69) is 68.6 Å². The second-order valence-corrected chi connectivity index (χ2v) is 14.5. The van der Waals surface area contributed by atoms with E-state index >= 15 is 0 Å². The Kier molecular flexibility index (Phi) is 8.45. The molecule has 2 aromatic carbocycles. The molecule has 2 saturated carbocycles. The summed E-state index contributed by atoms with van der Waals surface area (Å²) in [5.41, 5.74) is 5.59. The molecular weight excluding hydrogens is 697 g/mol. The van der Waals surface area contributed by atoms with Crippen LogP contribution in [0.4, 0.5) is 40.6 Å². The van der Waals surface area contributed by atoms with Crippen LogP contribution in [0.2, 0.25) is 0 Å². The summed E-state index contributed by atoms with van der Waals surface area (Å²) < 4.78 is 22.7. The minimum Gasteiger partial charge on any atom is -0.367 e. The molecule has 1 aliphatic heterocycles. The first-order valence-electron chi connectivity index (χ1n) is 16.8. The summed E-state index contributed by atoms with van der Waals surface area (Å²) in [4.78, 5) is 35.5. The molecule has 0 atom stereocenters. The van der Waals surface area contributed by atoms with Crippen LogP contribution in [0.5, 0.6) is 0 Å². The van der Waals surface area contributed by atoms with Crippen LogP contribution in [-0.2, 0) is 21.2 Å². The largest absolute Gasteiger partial charge is 0.367 e. The van der Waals surface area contributed by atoms with E-state index in [1.54, 1.807) is 24.5 Å². The number of nitrogens with one attached hydrogen (secondary N) is 7. The van der Waals surface area contributed by atoms with Crippen LogP contribution >= 0.6 is 0 Å². The average molecular weight is 729 g/mol. The Hall–Kier alpha value is -6.76. The van der Waals surface area contributed by atoms with Gasteiger partial charge >= 0.3 is 0 Å². The highest BCUT2D eigenvalue weighted by atomic mass is 32.2. The Labute approximate surface area is 302 Å².